The van der Waals surface area contributed by atoms with Crippen molar-refractivity contribution in [2.24, 2.45) is 0 Å². The molecule has 1 unspecified atom stereocenters. The van der Waals surface area contributed by atoms with Crippen LogP contribution >= 0.6 is 11.3 Å². The predicted octanol–water partition coefficient (Wildman–Crippen LogP) is 2.89. The molecule has 0 saturated carbocycles. The highest BCUT2D eigenvalue weighted by atomic mass is 32.1. The second kappa shape index (κ2) is 4.94. The van der Waals surface area contributed by atoms with Crippen LogP contribution in [-0.2, 0) is 0 Å². The number of aryl methyl sites for hydroxylation is 3. The molecule has 0 aliphatic rings. The molecule has 1 atom stereocenters. The molecule has 2 aromatic rings. The molecule has 0 aliphatic heterocycles. The average Bonchev–Trinajstić information content (AvgIpc) is 2.85. The third-order valence-corrected chi connectivity index (χ3v) is 4.07. The highest BCUT2D eigenvalue weighted by Gasteiger charge is 2.18. The fourth-order valence-electron chi connectivity index (χ4n) is 1.91. The summed E-state index contributed by atoms with van der Waals surface area (Å²) in [5.41, 5.74) is 2.19. The smallest absolute Gasteiger partial charge is 0.255 e. The lowest BCUT2D eigenvalue weighted by Gasteiger charge is -2.12. The Hall–Kier alpha value is -1.62. The molecule has 2 N–H and O–H groups in total. The second-order valence-corrected chi connectivity index (χ2v) is 5.77. The summed E-state index contributed by atoms with van der Waals surface area (Å²) in [6, 6.07) is 4.14. The van der Waals surface area contributed by atoms with Gasteiger partial charge in [-0.25, -0.2) is 0 Å². The molecule has 4 nitrogen and oxygen atoms in total. The van der Waals surface area contributed by atoms with Crippen molar-refractivity contribution in [3.63, 3.8) is 0 Å². The van der Waals surface area contributed by atoms with Gasteiger partial charge in [-0.05, 0) is 39.8 Å². The number of thiophene rings is 1. The zero-order valence-electron chi connectivity index (χ0n) is 11.0. The van der Waals surface area contributed by atoms with Crippen LogP contribution < -0.4 is 5.32 Å². The third kappa shape index (κ3) is 2.46. The van der Waals surface area contributed by atoms with Crippen molar-refractivity contribution >= 4 is 17.2 Å². The molecule has 5 heteroatoms. The summed E-state index contributed by atoms with van der Waals surface area (Å²) in [5.74, 6) is -0.0719. The maximum Gasteiger partial charge on any atom is 0.255 e. The van der Waals surface area contributed by atoms with E-state index in [9.17, 15) is 4.79 Å². The van der Waals surface area contributed by atoms with E-state index in [4.69, 9.17) is 0 Å². The summed E-state index contributed by atoms with van der Waals surface area (Å²) in [6.45, 7) is 7.74. The van der Waals surface area contributed by atoms with Gasteiger partial charge >= 0.3 is 0 Å². The topological polar surface area (TPSA) is 57.8 Å². The molecule has 0 saturated heterocycles. The van der Waals surface area contributed by atoms with E-state index in [2.05, 4.69) is 34.6 Å². The Bertz CT molecular complexity index is 551. The zero-order valence-corrected chi connectivity index (χ0v) is 11.8. The molecule has 18 heavy (non-hydrogen) atoms. The van der Waals surface area contributed by atoms with E-state index in [0.717, 1.165) is 11.4 Å². The van der Waals surface area contributed by atoms with Gasteiger partial charge in [0, 0.05) is 15.4 Å². The minimum Gasteiger partial charge on any atom is -0.345 e. The Kier molecular flexibility index (Phi) is 3.52. The number of aromatic nitrogens is 2. The van der Waals surface area contributed by atoms with E-state index in [0.29, 0.717) is 5.56 Å². The molecular formula is C13H17N3OS. The number of nitrogens with one attached hydrogen (secondary N) is 2. The average molecular weight is 263 g/mol. The summed E-state index contributed by atoms with van der Waals surface area (Å²) >= 11 is 1.71. The Labute approximate surface area is 110 Å². The lowest BCUT2D eigenvalue weighted by atomic mass is 10.1. The van der Waals surface area contributed by atoms with Crippen molar-refractivity contribution in [2.45, 2.75) is 33.7 Å². The number of hydrogen-bond donors (Lipinski definition) is 2. The molecular weight excluding hydrogens is 246 g/mol. The van der Waals surface area contributed by atoms with Gasteiger partial charge in [-0.3, -0.25) is 9.89 Å². The molecule has 0 spiro atoms. The van der Waals surface area contributed by atoms with Crippen molar-refractivity contribution in [2.75, 3.05) is 0 Å². The number of H-pyrrole nitrogens is 1. The number of carbonyl (C=O) groups excluding carboxylic acids is 1. The van der Waals surface area contributed by atoms with Crippen LogP contribution in [0.25, 0.3) is 0 Å². The normalized spacial score (nSPS) is 12.4. The first-order chi connectivity index (χ1) is 8.49. The van der Waals surface area contributed by atoms with Gasteiger partial charge in [0.1, 0.15) is 0 Å². The summed E-state index contributed by atoms with van der Waals surface area (Å²) in [6.07, 6.45) is 0. The third-order valence-electron chi connectivity index (χ3n) is 2.89. The van der Waals surface area contributed by atoms with E-state index in [-0.39, 0.29) is 11.9 Å². The quantitative estimate of drug-likeness (QED) is 0.894. The summed E-state index contributed by atoms with van der Waals surface area (Å²) in [7, 11) is 0. The van der Waals surface area contributed by atoms with Crippen molar-refractivity contribution < 1.29 is 4.79 Å². The molecule has 0 radical (unpaired) electrons. The SMILES string of the molecule is Cc1ccc(C(C)NC(=O)c2c(C)n[nH]c2C)s1. The van der Waals surface area contributed by atoms with Gasteiger partial charge in [0.15, 0.2) is 0 Å². The van der Waals surface area contributed by atoms with Crippen molar-refractivity contribution in [1.29, 1.82) is 0 Å². The van der Waals surface area contributed by atoms with Gasteiger partial charge in [-0.2, -0.15) is 5.10 Å². The van der Waals surface area contributed by atoms with E-state index in [1.165, 1.54) is 9.75 Å². The number of rotatable bonds is 3. The van der Waals surface area contributed by atoms with Gasteiger partial charge in [0.2, 0.25) is 0 Å². The monoisotopic (exact) mass is 263 g/mol. The standard InChI is InChI=1S/C13H17N3OS/c1-7-5-6-11(18-7)8(2)14-13(17)12-9(3)15-16-10(12)4/h5-6,8H,1-4H3,(H,14,17)(H,15,16). The van der Waals surface area contributed by atoms with Gasteiger partial charge in [0.05, 0.1) is 17.3 Å². The Morgan fingerprint density at radius 1 is 1.39 bits per heavy atom. The predicted molar refractivity (Wildman–Crippen MR) is 73.0 cm³/mol. The fraction of sp³-hybridized carbons (Fsp3) is 0.385. The van der Waals surface area contributed by atoms with Gasteiger partial charge in [-0.1, -0.05) is 0 Å². The minimum atomic E-state index is -0.0719. The molecule has 0 bridgehead atoms. The highest BCUT2D eigenvalue weighted by molar-refractivity contribution is 7.12. The number of nitrogens with zero attached hydrogens (tertiary/aromatic N) is 1. The highest BCUT2D eigenvalue weighted by Crippen LogP contribution is 2.23. The van der Waals surface area contributed by atoms with Crippen molar-refractivity contribution in [3.8, 4) is 0 Å². The van der Waals surface area contributed by atoms with Crippen LogP contribution in [-0.4, -0.2) is 16.1 Å². The van der Waals surface area contributed by atoms with Crippen molar-refractivity contribution in [1.82, 2.24) is 15.5 Å². The first-order valence-electron chi connectivity index (χ1n) is 5.87. The van der Waals surface area contributed by atoms with Gasteiger partial charge < -0.3 is 5.32 Å². The van der Waals surface area contributed by atoms with E-state index >= 15 is 0 Å². The first kappa shape index (κ1) is 12.8. The van der Waals surface area contributed by atoms with Gasteiger partial charge in [-0.15, -0.1) is 11.3 Å². The maximum absolute atomic E-state index is 12.2. The molecule has 0 aliphatic carbocycles. The lowest BCUT2D eigenvalue weighted by molar-refractivity contribution is 0.0939. The van der Waals surface area contributed by atoms with Crippen LogP contribution in [0.2, 0.25) is 0 Å². The molecule has 2 heterocycles. The number of amides is 1. The van der Waals surface area contributed by atoms with Crippen LogP contribution in [0, 0.1) is 20.8 Å². The Balaban J connectivity index is 2.13. The number of aromatic amines is 1. The van der Waals surface area contributed by atoms with Crippen LogP contribution in [0.1, 0.15) is 44.5 Å². The number of hydrogen-bond acceptors (Lipinski definition) is 3. The zero-order chi connectivity index (χ0) is 13.3. The molecule has 0 aromatic carbocycles. The van der Waals surface area contributed by atoms with Crippen LogP contribution in [0.3, 0.4) is 0 Å². The number of carbonyl (C=O) groups is 1. The first-order valence-corrected chi connectivity index (χ1v) is 6.69. The summed E-state index contributed by atoms with van der Waals surface area (Å²) in [5, 5.41) is 9.87. The van der Waals surface area contributed by atoms with E-state index in [1.807, 2.05) is 20.8 Å². The largest absolute Gasteiger partial charge is 0.345 e. The molecule has 1 amide bonds. The Morgan fingerprint density at radius 3 is 2.61 bits per heavy atom. The van der Waals surface area contributed by atoms with E-state index in [1.54, 1.807) is 11.3 Å². The van der Waals surface area contributed by atoms with Crippen LogP contribution in [0.15, 0.2) is 12.1 Å². The van der Waals surface area contributed by atoms with E-state index < -0.39 is 0 Å². The molecule has 2 aromatic heterocycles. The minimum absolute atomic E-state index is 0.0184. The lowest BCUT2D eigenvalue weighted by Crippen LogP contribution is -2.27. The van der Waals surface area contributed by atoms with Crippen molar-refractivity contribution in [3.05, 3.63) is 38.8 Å². The fourth-order valence-corrected chi connectivity index (χ4v) is 2.79. The summed E-state index contributed by atoms with van der Waals surface area (Å²) in [4.78, 5) is 14.6. The molecule has 0 fully saturated rings. The Morgan fingerprint density at radius 2 is 2.11 bits per heavy atom. The van der Waals surface area contributed by atoms with Crippen LogP contribution in [0.4, 0.5) is 0 Å². The van der Waals surface area contributed by atoms with Gasteiger partial charge in [0.25, 0.3) is 5.91 Å². The molecule has 2 rings (SSSR count). The summed E-state index contributed by atoms with van der Waals surface area (Å²) < 4.78 is 0. The maximum atomic E-state index is 12.2. The van der Waals surface area contributed by atoms with Crippen LogP contribution in [0.5, 0.6) is 0 Å². The second-order valence-electron chi connectivity index (χ2n) is 4.45. The molecule has 96 valence electrons.